The summed E-state index contributed by atoms with van der Waals surface area (Å²) in [6.07, 6.45) is 2.31. The highest BCUT2D eigenvalue weighted by molar-refractivity contribution is 7.13. The molecule has 2 aromatic carbocycles. The van der Waals surface area contributed by atoms with Crippen molar-refractivity contribution in [3.05, 3.63) is 81.9 Å². The number of fused-ring (bicyclic) bond motifs is 1. The van der Waals surface area contributed by atoms with Crippen molar-refractivity contribution in [1.29, 1.82) is 5.26 Å². The Kier molecular flexibility index (Phi) is 4.29. The van der Waals surface area contributed by atoms with Gasteiger partial charge in [0.25, 0.3) is 0 Å². The summed E-state index contributed by atoms with van der Waals surface area (Å²) < 4.78 is 0. The van der Waals surface area contributed by atoms with E-state index in [1.54, 1.807) is 6.20 Å². The summed E-state index contributed by atoms with van der Waals surface area (Å²) >= 11 is 1.41. The van der Waals surface area contributed by atoms with Crippen molar-refractivity contribution < 1.29 is 4.79 Å². The first-order valence-corrected chi connectivity index (χ1v) is 9.69. The quantitative estimate of drug-likeness (QED) is 0.726. The minimum absolute atomic E-state index is 0.0429. The number of nitrogens with zero attached hydrogens (tertiary/aromatic N) is 2. The van der Waals surface area contributed by atoms with Crippen LogP contribution in [0, 0.1) is 23.7 Å². The molecule has 1 heterocycles. The SMILES string of the molecule is Cc1cccc([C@H]2c3cc(C#N)ccc3C[C@@]2(C)C(=O)Nc2nccs2)c1. The molecule has 134 valence electrons. The molecule has 2 atom stereocenters. The monoisotopic (exact) mass is 373 g/mol. The van der Waals surface area contributed by atoms with E-state index in [9.17, 15) is 10.1 Å². The predicted molar refractivity (Wildman–Crippen MR) is 107 cm³/mol. The number of rotatable bonds is 3. The first-order valence-electron chi connectivity index (χ1n) is 8.82. The largest absolute Gasteiger partial charge is 0.301 e. The molecule has 4 nitrogen and oxygen atoms in total. The van der Waals surface area contributed by atoms with Gasteiger partial charge in [0.05, 0.1) is 17.0 Å². The zero-order valence-corrected chi connectivity index (χ0v) is 16.0. The number of nitrogens with one attached hydrogen (secondary N) is 1. The van der Waals surface area contributed by atoms with Crippen molar-refractivity contribution in [3.63, 3.8) is 0 Å². The first-order chi connectivity index (χ1) is 13.0. The highest BCUT2D eigenvalue weighted by Crippen LogP contribution is 2.51. The van der Waals surface area contributed by atoms with Gasteiger partial charge in [0.2, 0.25) is 5.91 Å². The van der Waals surface area contributed by atoms with Gasteiger partial charge in [-0.1, -0.05) is 35.9 Å². The van der Waals surface area contributed by atoms with Crippen LogP contribution in [0.4, 0.5) is 5.13 Å². The molecular formula is C22H19N3OS. The van der Waals surface area contributed by atoms with Crippen LogP contribution >= 0.6 is 11.3 Å². The molecule has 1 aliphatic carbocycles. The fourth-order valence-electron chi connectivity index (χ4n) is 4.07. The van der Waals surface area contributed by atoms with Crippen LogP contribution in [0.5, 0.6) is 0 Å². The van der Waals surface area contributed by atoms with E-state index in [0.29, 0.717) is 17.1 Å². The van der Waals surface area contributed by atoms with Gasteiger partial charge in [-0.2, -0.15) is 5.26 Å². The maximum Gasteiger partial charge on any atom is 0.233 e. The number of aromatic nitrogens is 1. The smallest absolute Gasteiger partial charge is 0.233 e. The second-order valence-corrected chi connectivity index (χ2v) is 8.15. The molecule has 0 unspecified atom stereocenters. The summed E-state index contributed by atoms with van der Waals surface area (Å²) in [5.41, 5.74) is 4.40. The lowest BCUT2D eigenvalue weighted by Crippen LogP contribution is -2.37. The zero-order valence-electron chi connectivity index (χ0n) is 15.2. The number of anilines is 1. The van der Waals surface area contributed by atoms with Gasteiger partial charge in [0.15, 0.2) is 5.13 Å². The summed E-state index contributed by atoms with van der Waals surface area (Å²) in [5.74, 6) is -0.153. The lowest BCUT2D eigenvalue weighted by Gasteiger charge is -2.31. The predicted octanol–water partition coefficient (Wildman–Crippen LogP) is 4.66. The maximum absolute atomic E-state index is 13.3. The van der Waals surface area contributed by atoms with Crippen LogP contribution in [0.1, 0.15) is 40.7 Å². The van der Waals surface area contributed by atoms with Crippen molar-refractivity contribution in [2.24, 2.45) is 5.41 Å². The summed E-state index contributed by atoms with van der Waals surface area (Å²) in [6, 6.07) is 16.3. The van der Waals surface area contributed by atoms with Crippen LogP contribution in [0.25, 0.3) is 0 Å². The van der Waals surface area contributed by atoms with E-state index in [-0.39, 0.29) is 11.8 Å². The number of amides is 1. The molecule has 4 rings (SSSR count). The normalized spacial score (nSPS) is 20.7. The molecule has 1 aliphatic rings. The Morgan fingerprint density at radius 3 is 2.89 bits per heavy atom. The molecule has 0 fully saturated rings. The lowest BCUT2D eigenvalue weighted by atomic mass is 9.73. The Bertz CT molecular complexity index is 1050. The van der Waals surface area contributed by atoms with Crippen LogP contribution < -0.4 is 5.32 Å². The van der Waals surface area contributed by atoms with E-state index in [0.717, 1.165) is 22.3 Å². The number of benzene rings is 2. The van der Waals surface area contributed by atoms with E-state index in [1.807, 2.05) is 36.6 Å². The average Bonchev–Trinajstić information content (AvgIpc) is 3.26. The number of hydrogen-bond acceptors (Lipinski definition) is 4. The number of carbonyl (C=O) groups excluding carboxylic acids is 1. The fourth-order valence-corrected chi connectivity index (χ4v) is 4.59. The van der Waals surface area contributed by atoms with Crippen LogP contribution in [-0.4, -0.2) is 10.9 Å². The third kappa shape index (κ3) is 3.02. The van der Waals surface area contributed by atoms with E-state index >= 15 is 0 Å². The maximum atomic E-state index is 13.3. The van der Waals surface area contributed by atoms with Crippen molar-refractivity contribution in [2.75, 3.05) is 5.32 Å². The van der Waals surface area contributed by atoms with Crippen molar-refractivity contribution in [2.45, 2.75) is 26.2 Å². The van der Waals surface area contributed by atoms with Crippen molar-refractivity contribution in [1.82, 2.24) is 4.98 Å². The number of hydrogen-bond donors (Lipinski definition) is 1. The number of carbonyl (C=O) groups is 1. The van der Waals surface area contributed by atoms with Crippen LogP contribution in [0.2, 0.25) is 0 Å². The molecule has 5 heteroatoms. The third-order valence-corrected chi connectivity index (χ3v) is 6.02. The molecule has 3 aromatic rings. The molecule has 1 aromatic heterocycles. The summed E-state index contributed by atoms with van der Waals surface area (Å²) in [4.78, 5) is 17.5. The Hall–Kier alpha value is -2.97. The molecule has 27 heavy (non-hydrogen) atoms. The van der Waals surface area contributed by atoms with Crippen molar-refractivity contribution >= 4 is 22.4 Å². The summed E-state index contributed by atoms with van der Waals surface area (Å²) in [7, 11) is 0. The van der Waals surface area contributed by atoms with Gasteiger partial charge in [0.1, 0.15) is 0 Å². The highest BCUT2D eigenvalue weighted by Gasteiger charge is 2.49. The number of aryl methyl sites for hydroxylation is 1. The van der Waals surface area contributed by atoms with Crippen LogP contribution in [0.15, 0.2) is 54.0 Å². The molecule has 1 N–H and O–H groups in total. The van der Waals surface area contributed by atoms with Crippen LogP contribution in [0.3, 0.4) is 0 Å². The van der Waals surface area contributed by atoms with E-state index < -0.39 is 5.41 Å². The first kappa shape index (κ1) is 17.4. The van der Waals surface area contributed by atoms with Gasteiger partial charge in [-0.3, -0.25) is 4.79 Å². The highest BCUT2D eigenvalue weighted by atomic mass is 32.1. The summed E-state index contributed by atoms with van der Waals surface area (Å²) in [5, 5.41) is 14.8. The van der Waals surface area contributed by atoms with Crippen LogP contribution in [-0.2, 0) is 11.2 Å². The zero-order chi connectivity index (χ0) is 19.0. The van der Waals surface area contributed by atoms with E-state index in [4.69, 9.17) is 0 Å². The Labute approximate surface area is 162 Å². The standard InChI is InChI=1S/C22H19N3OS/c1-14-4-3-5-16(10-14)19-18-11-15(13-23)6-7-17(18)12-22(19,2)20(26)25-21-24-8-9-27-21/h3-11,19H,12H2,1-2H3,(H,24,25,26)/t19-,22+/m0/s1. The van der Waals surface area contributed by atoms with Gasteiger partial charge in [-0.25, -0.2) is 4.98 Å². The lowest BCUT2D eigenvalue weighted by molar-refractivity contribution is -0.125. The summed E-state index contributed by atoms with van der Waals surface area (Å²) in [6.45, 7) is 4.06. The van der Waals surface area contributed by atoms with Gasteiger partial charge < -0.3 is 5.32 Å². The topological polar surface area (TPSA) is 65.8 Å². The fraction of sp³-hybridized carbons (Fsp3) is 0.227. The van der Waals surface area contributed by atoms with Gasteiger partial charge in [-0.15, -0.1) is 11.3 Å². The van der Waals surface area contributed by atoms with Gasteiger partial charge >= 0.3 is 0 Å². The number of nitriles is 1. The van der Waals surface area contributed by atoms with E-state index in [1.165, 1.54) is 11.3 Å². The molecule has 1 amide bonds. The third-order valence-electron chi connectivity index (χ3n) is 5.33. The molecule has 0 spiro atoms. The van der Waals surface area contributed by atoms with Gasteiger partial charge in [-0.05, 0) is 49.1 Å². The molecule has 0 saturated carbocycles. The second kappa shape index (κ2) is 6.64. The molecule has 0 aliphatic heterocycles. The molecule has 0 radical (unpaired) electrons. The number of thiazole rings is 1. The average molecular weight is 373 g/mol. The Morgan fingerprint density at radius 2 is 2.19 bits per heavy atom. The second-order valence-electron chi connectivity index (χ2n) is 7.26. The minimum Gasteiger partial charge on any atom is -0.301 e. The van der Waals surface area contributed by atoms with Crippen molar-refractivity contribution in [3.8, 4) is 6.07 Å². The van der Waals surface area contributed by atoms with Gasteiger partial charge in [0, 0.05) is 17.5 Å². The minimum atomic E-state index is -0.657. The Morgan fingerprint density at radius 1 is 1.33 bits per heavy atom. The molecular weight excluding hydrogens is 354 g/mol. The Balaban J connectivity index is 1.83. The van der Waals surface area contributed by atoms with E-state index in [2.05, 4.69) is 41.5 Å². The molecule has 0 bridgehead atoms. The molecule has 0 saturated heterocycles.